The molecule has 1 saturated heterocycles. The Balaban J connectivity index is 0.00000625. The van der Waals surface area contributed by atoms with Gasteiger partial charge in [0.25, 0.3) is 0 Å². The summed E-state index contributed by atoms with van der Waals surface area (Å²) in [6.45, 7) is 15.4. The Hall–Kier alpha value is -0.160. The van der Waals surface area contributed by atoms with Gasteiger partial charge in [0, 0.05) is 39.3 Å². The molecule has 0 spiro atoms. The van der Waals surface area contributed by atoms with Gasteiger partial charge < -0.3 is 25.2 Å². The predicted molar refractivity (Wildman–Crippen MR) is 118 cm³/mol. The van der Waals surface area contributed by atoms with E-state index in [0.29, 0.717) is 32.2 Å². The van der Waals surface area contributed by atoms with Crippen molar-refractivity contribution in [2.45, 2.75) is 39.7 Å². The zero-order valence-corrected chi connectivity index (χ0v) is 19.3. The first-order valence-corrected chi connectivity index (χ1v) is 9.55. The fourth-order valence-electron chi connectivity index (χ4n) is 2.54. The molecule has 1 atom stereocenters. The quantitative estimate of drug-likeness (QED) is 0.177. The van der Waals surface area contributed by atoms with E-state index in [2.05, 4.69) is 34.4 Å². The number of hydrogen-bond acceptors (Lipinski definition) is 5. The highest BCUT2D eigenvalue weighted by molar-refractivity contribution is 14.0. The second kappa shape index (κ2) is 14.8. The van der Waals surface area contributed by atoms with Gasteiger partial charge in [-0.3, -0.25) is 9.89 Å². The first kappa shape index (κ1) is 25.8. The van der Waals surface area contributed by atoms with Gasteiger partial charge in [-0.25, -0.2) is 0 Å². The molecule has 26 heavy (non-hydrogen) atoms. The zero-order chi connectivity index (χ0) is 18.5. The van der Waals surface area contributed by atoms with Crippen molar-refractivity contribution in [2.24, 2.45) is 10.9 Å². The molecular formula is C18H39IN4O3. The number of rotatable bonds is 11. The van der Waals surface area contributed by atoms with Crippen LogP contribution < -0.4 is 10.6 Å². The van der Waals surface area contributed by atoms with Gasteiger partial charge in [-0.15, -0.1) is 24.0 Å². The van der Waals surface area contributed by atoms with Crippen LogP contribution in [0, 0.1) is 5.92 Å². The van der Waals surface area contributed by atoms with Crippen LogP contribution >= 0.6 is 24.0 Å². The molecular weight excluding hydrogens is 447 g/mol. The van der Waals surface area contributed by atoms with Gasteiger partial charge in [-0.1, -0.05) is 13.8 Å². The number of aliphatic hydroxyl groups is 1. The van der Waals surface area contributed by atoms with E-state index in [1.54, 1.807) is 0 Å². The molecule has 0 radical (unpaired) electrons. The number of hydrogen-bond donors (Lipinski definition) is 3. The molecule has 0 saturated carbocycles. The van der Waals surface area contributed by atoms with Crippen LogP contribution in [0.15, 0.2) is 4.99 Å². The molecule has 0 aliphatic carbocycles. The Morgan fingerprint density at radius 1 is 1.27 bits per heavy atom. The lowest BCUT2D eigenvalue weighted by atomic mass is 10.1. The molecule has 0 aromatic rings. The summed E-state index contributed by atoms with van der Waals surface area (Å²) in [6.07, 6.45) is 1.08. The van der Waals surface area contributed by atoms with E-state index in [1.807, 2.05) is 13.8 Å². The second-order valence-corrected chi connectivity index (χ2v) is 7.30. The predicted octanol–water partition coefficient (Wildman–Crippen LogP) is 1.31. The number of β-amino-alcohol motifs (C(OH)–C–C–N with tert-alkyl or cyclic N) is 1. The summed E-state index contributed by atoms with van der Waals surface area (Å²) in [6, 6.07) is 0. The number of nitrogens with one attached hydrogen (secondary N) is 2. The van der Waals surface area contributed by atoms with Gasteiger partial charge >= 0.3 is 0 Å². The molecule has 1 rings (SSSR count). The van der Waals surface area contributed by atoms with Gasteiger partial charge in [-0.05, 0) is 26.2 Å². The van der Waals surface area contributed by atoms with Crippen molar-refractivity contribution in [3.05, 3.63) is 0 Å². The van der Waals surface area contributed by atoms with Crippen molar-refractivity contribution < 1.29 is 14.6 Å². The van der Waals surface area contributed by atoms with Crippen LogP contribution in [-0.2, 0) is 9.47 Å². The third kappa shape index (κ3) is 13.1. The van der Waals surface area contributed by atoms with Crippen molar-refractivity contribution in [2.75, 3.05) is 65.7 Å². The number of nitrogens with zero attached hydrogens (tertiary/aromatic N) is 2. The molecule has 3 N–H and O–H groups in total. The highest BCUT2D eigenvalue weighted by atomic mass is 127. The van der Waals surface area contributed by atoms with Crippen molar-refractivity contribution in [1.82, 2.24) is 15.5 Å². The lowest BCUT2D eigenvalue weighted by molar-refractivity contribution is -0.0180. The minimum atomic E-state index is -0.854. The third-order valence-electron chi connectivity index (χ3n) is 3.97. The molecule has 7 nitrogen and oxygen atoms in total. The SMILES string of the molecule is CCNC(=NCC(C)(O)CN1CCOCC1)NCCOCCC(C)C.I. The Labute approximate surface area is 176 Å². The van der Waals surface area contributed by atoms with Gasteiger partial charge in [-0.2, -0.15) is 0 Å². The summed E-state index contributed by atoms with van der Waals surface area (Å²) in [5.74, 6) is 1.39. The van der Waals surface area contributed by atoms with E-state index >= 15 is 0 Å². The average molecular weight is 486 g/mol. The Morgan fingerprint density at radius 3 is 2.58 bits per heavy atom. The molecule has 0 aromatic carbocycles. The van der Waals surface area contributed by atoms with E-state index in [0.717, 1.165) is 51.8 Å². The van der Waals surface area contributed by atoms with E-state index < -0.39 is 5.60 Å². The van der Waals surface area contributed by atoms with Crippen LogP contribution in [0.25, 0.3) is 0 Å². The normalized spacial score (nSPS) is 18.3. The van der Waals surface area contributed by atoms with E-state index in [9.17, 15) is 5.11 Å². The minimum absolute atomic E-state index is 0. The molecule has 0 aromatic heterocycles. The maximum Gasteiger partial charge on any atom is 0.191 e. The number of guanidine groups is 1. The van der Waals surface area contributed by atoms with Crippen LogP contribution in [0.3, 0.4) is 0 Å². The summed E-state index contributed by atoms with van der Waals surface area (Å²) in [5, 5.41) is 17.1. The Morgan fingerprint density at radius 2 is 1.96 bits per heavy atom. The fraction of sp³-hybridized carbons (Fsp3) is 0.944. The zero-order valence-electron chi connectivity index (χ0n) is 16.9. The summed E-state index contributed by atoms with van der Waals surface area (Å²) in [7, 11) is 0. The largest absolute Gasteiger partial charge is 0.387 e. The van der Waals surface area contributed by atoms with Gasteiger partial charge in [0.15, 0.2) is 5.96 Å². The second-order valence-electron chi connectivity index (χ2n) is 7.30. The molecule has 156 valence electrons. The first-order chi connectivity index (χ1) is 11.9. The number of morpholine rings is 1. The molecule has 1 aliphatic rings. The van der Waals surface area contributed by atoms with Crippen molar-refractivity contribution in [3.63, 3.8) is 0 Å². The molecule has 0 amide bonds. The molecule has 1 aliphatic heterocycles. The average Bonchev–Trinajstić information content (AvgIpc) is 2.56. The third-order valence-corrected chi connectivity index (χ3v) is 3.97. The molecule has 1 heterocycles. The molecule has 0 bridgehead atoms. The van der Waals surface area contributed by atoms with Crippen LogP contribution in [-0.4, -0.2) is 87.3 Å². The van der Waals surface area contributed by atoms with Gasteiger partial charge in [0.2, 0.25) is 0 Å². The lowest BCUT2D eigenvalue weighted by Crippen LogP contribution is -2.48. The molecule has 1 unspecified atom stereocenters. The summed E-state index contributed by atoms with van der Waals surface area (Å²) in [4.78, 5) is 6.75. The van der Waals surface area contributed by atoms with Crippen LogP contribution in [0.1, 0.15) is 34.1 Å². The Kier molecular flexibility index (Phi) is 14.8. The van der Waals surface area contributed by atoms with E-state index in [-0.39, 0.29) is 24.0 Å². The Bertz CT molecular complexity index is 375. The van der Waals surface area contributed by atoms with Crippen LogP contribution in [0.4, 0.5) is 0 Å². The fourth-order valence-corrected chi connectivity index (χ4v) is 2.54. The topological polar surface area (TPSA) is 78.4 Å². The van der Waals surface area contributed by atoms with Gasteiger partial charge in [0.1, 0.15) is 0 Å². The molecule has 8 heteroatoms. The standard InChI is InChI=1S/C18H38N4O3.HI/c1-5-19-17(20-7-11-24-10-6-16(2)3)21-14-18(4,23)15-22-8-12-25-13-9-22;/h16,23H,5-15H2,1-4H3,(H2,19,20,21);1H. The number of aliphatic imine (C=N–C) groups is 1. The van der Waals surface area contributed by atoms with Crippen molar-refractivity contribution in [3.8, 4) is 0 Å². The summed E-state index contributed by atoms with van der Waals surface area (Å²) < 4.78 is 11.0. The molecule has 1 fully saturated rings. The summed E-state index contributed by atoms with van der Waals surface area (Å²) in [5.41, 5.74) is -0.854. The van der Waals surface area contributed by atoms with Crippen molar-refractivity contribution in [1.29, 1.82) is 0 Å². The number of halogens is 1. The minimum Gasteiger partial charge on any atom is -0.387 e. The lowest BCUT2D eigenvalue weighted by Gasteiger charge is -2.33. The van der Waals surface area contributed by atoms with E-state index in [4.69, 9.17) is 9.47 Å². The van der Waals surface area contributed by atoms with Gasteiger partial charge in [0.05, 0.1) is 32.0 Å². The summed E-state index contributed by atoms with van der Waals surface area (Å²) >= 11 is 0. The van der Waals surface area contributed by atoms with Crippen molar-refractivity contribution >= 4 is 29.9 Å². The first-order valence-electron chi connectivity index (χ1n) is 9.55. The number of ether oxygens (including phenoxy) is 2. The highest BCUT2D eigenvalue weighted by Gasteiger charge is 2.25. The van der Waals surface area contributed by atoms with Crippen LogP contribution in [0.5, 0.6) is 0 Å². The highest BCUT2D eigenvalue weighted by Crippen LogP contribution is 2.09. The van der Waals surface area contributed by atoms with E-state index in [1.165, 1.54) is 0 Å². The maximum absolute atomic E-state index is 10.6. The maximum atomic E-state index is 10.6. The monoisotopic (exact) mass is 486 g/mol. The van der Waals surface area contributed by atoms with Crippen LogP contribution in [0.2, 0.25) is 0 Å². The smallest absolute Gasteiger partial charge is 0.191 e.